The quantitative estimate of drug-likeness (QED) is 0.646. The second-order valence-electron chi connectivity index (χ2n) is 4.63. The lowest BCUT2D eigenvalue weighted by Crippen LogP contribution is -2.56. The third-order valence-corrected chi connectivity index (χ3v) is 3.41. The van der Waals surface area contributed by atoms with Crippen LogP contribution in [0.5, 0.6) is 0 Å². The number of rotatable bonds is 1. The summed E-state index contributed by atoms with van der Waals surface area (Å²) >= 11 is 0. The van der Waals surface area contributed by atoms with Gasteiger partial charge >= 0.3 is 6.09 Å². The molecule has 1 amide bonds. The number of likely N-dealkylation sites (tertiary alicyclic amines) is 1. The van der Waals surface area contributed by atoms with Crippen LogP contribution >= 0.6 is 0 Å². The standard InChI is InChI=1S/C11H19NO2/c1-8-7-9(2)12(8)11(13)14-10-5-3-4-6-10/h8-10H,3-7H2,1-2H3/t8-,9-/m0/s1. The Morgan fingerprint density at radius 2 is 1.79 bits per heavy atom. The van der Waals surface area contributed by atoms with Crippen molar-refractivity contribution in [2.45, 2.75) is 64.1 Å². The fourth-order valence-corrected chi connectivity index (χ4v) is 2.59. The molecule has 0 spiro atoms. The molecule has 2 rings (SSSR count). The second kappa shape index (κ2) is 3.79. The number of ether oxygens (including phenoxy) is 1. The van der Waals surface area contributed by atoms with Crippen molar-refractivity contribution in [3.8, 4) is 0 Å². The molecule has 0 N–H and O–H groups in total. The molecule has 2 aliphatic rings. The molecule has 2 fully saturated rings. The normalized spacial score (nSPS) is 32.9. The number of nitrogens with zero attached hydrogens (tertiary/aromatic N) is 1. The van der Waals surface area contributed by atoms with Crippen molar-refractivity contribution in [3.05, 3.63) is 0 Å². The van der Waals surface area contributed by atoms with Gasteiger partial charge in [-0.15, -0.1) is 0 Å². The van der Waals surface area contributed by atoms with E-state index in [1.807, 2.05) is 4.90 Å². The summed E-state index contributed by atoms with van der Waals surface area (Å²) in [5.74, 6) is 0. The third kappa shape index (κ3) is 1.72. The molecule has 0 radical (unpaired) electrons. The van der Waals surface area contributed by atoms with Gasteiger partial charge in [0.1, 0.15) is 6.10 Å². The summed E-state index contributed by atoms with van der Waals surface area (Å²) < 4.78 is 5.44. The first-order valence-corrected chi connectivity index (χ1v) is 5.67. The van der Waals surface area contributed by atoms with E-state index in [1.54, 1.807) is 0 Å². The lowest BCUT2D eigenvalue weighted by Gasteiger charge is -2.44. The molecule has 2 atom stereocenters. The summed E-state index contributed by atoms with van der Waals surface area (Å²) in [7, 11) is 0. The molecule has 80 valence electrons. The van der Waals surface area contributed by atoms with E-state index >= 15 is 0 Å². The molecule has 1 saturated carbocycles. The summed E-state index contributed by atoms with van der Waals surface area (Å²) in [6.07, 6.45) is 5.75. The van der Waals surface area contributed by atoms with Crippen LogP contribution in [0, 0.1) is 0 Å². The SMILES string of the molecule is C[C@H]1C[C@H](C)N1C(=O)OC1CCCC1. The molecule has 14 heavy (non-hydrogen) atoms. The molecule has 1 aliphatic carbocycles. The van der Waals surface area contributed by atoms with Gasteiger partial charge in [0.05, 0.1) is 0 Å². The maximum atomic E-state index is 11.7. The Bertz CT molecular complexity index is 215. The number of hydrogen-bond donors (Lipinski definition) is 0. The maximum Gasteiger partial charge on any atom is 0.410 e. The van der Waals surface area contributed by atoms with Gasteiger partial charge in [-0.05, 0) is 46.0 Å². The monoisotopic (exact) mass is 197 g/mol. The van der Waals surface area contributed by atoms with E-state index in [1.165, 1.54) is 12.8 Å². The van der Waals surface area contributed by atoms with Crippen molar-refractivity contribution in [1.29, 1.82) is 0 Å². The molecule has 3 heteroatoms. The molecular weight excluding hydrogens is 178 g/mol. The molecule has 0 aromatic carbocycles. The second-order valence-corrected chi connectivity index (χ2v) is 4.63. The topological polar surface area (TPSA) is 29.5 Å². The van der Waals surface area contributed by atoms with E-state index in [9.17, 15) is 4.79 Å². The fraction of sp³-hybridized carbons (Fsp3) is 0.909. The van der Waals surface area contributed by atoms with E-state index < -0.39 is 0 Å². The Labute approximate surface area is 85.4 Å². The first-order chi connectivity index (χ1) is 6.68. The first-order valence-electron chi connectivity index (χ1n) is 5.67. The predicted molar refractivity (Wildman–Crippen MR) is 54.1 cm³/mol. The first kappa shape index (κ1) is 9.81. The highest BCUT2D eigenvalue weighted by Gasteiger charge is 2.37. The van der Waals surface area contributed by atoms with Crippen LogP contribution < -0.4 is 0 Å². The smallest absolute Gasteiger partial charge is 0.410 e. The minimum Gasteiger partial charge on any atom is -0.446 e. The van der Waals surface area contributed by atoms with Gasteiger partial charge in [0, 0.05) is 12.1 Å². The highest BCUT2D eigenvalue weighted by molar-refractivity contribution is 5.69. The zero-order valence-corrected chi connectivity index (χ0v) is 9.03. The minimum atomic E-state index is -0.0943. The van der Waals surface area contributed by atoms with Crippen LogP contribution in [0.3, 0.4) is 0 Å². The summed E-state index contributed by atoms with van der Waals surface area (Å²) in [6, 6.07) is 0.748. The van der Waals surface area contributed by atoms with Crippen molar-refractivity contribution >= 4 is 6.09 Å². The summed E-state index contributed by atoms with van der Waals surface area (Å²) in [4.78, 5) is 13.6. The van der Waals surface area contributed by atoms with Gasteiger partial charge in [-0.3, -0.25) is 0 Å². The summed E-state index contributed by atoms with van der Waals surface area (Å²) in [6.45, 7) is 4.16. The molecule has 0 aromatic rings. The van der Waals surface area contributed by atoms with Crippen molar-refractivity contribution in [3.63, 3.8) is 0 Å². The van der Waals surface area contributed by atoms with Crippen molar-refractivity contribution in [2.75, 3.05) is 0 Å². The third-order valence-electron chi connectivity index (χ3n) is 3.41. The van der Waals surface area contributed by atoms with Crippen LogP contribution in [-0.2, 0) is 4.74 Å². The van der Waals surface area contributed by atoms with Crippen molar-refractivity contribution in [2.24, 2.45) is 0 Å². The van der Waals surface area contributed by atoms with Gasteiger partial charge < -0.3 is 9.64 Å². The van der Waals surface area contributed by atoms with Crippen LogP contribution in [0.25, 0.3) is 0 Å². The van der Waals surface area contributed by atoms with Crippen LogP contribution in [0.15, 0.2) is 0 Å². The number of hydrogen-bond acceptors (Lipinski definition) is 2. The fourth-order valence-electron chi connectivity index (χ4n) is 2.59. The van der Waals surface area contributed by atoms with Crippen LogP contribution in [-0.4, -0.2) is 29.2 Å². The average Bonchev–Trinajstić information content (AvgIpc) is 2.55. The van der Waals surface area contributed by atoms with Crippen molar-refractivity contribution < 1.29 is 9.53 Å². The molecule has 1 heterocycles. The molecule has 0 aromatic heterocycles. The number of carbonyl (C=O) groups excluding carboxylic acids is 1. The molecule has 1 saturated heterocycles. The van der Waals surface area contributed by atoms with Gasteiger partial charge in [-0.1, -0.05) is 0 Å². The minimum absolute atomic E-state index is 0.0943. The summed E-state index contributed by atoms with van der Waals surface area (Å²) in [5, 5.41) is 0. The van der Waals surface area contributed by atoms with E-state index in [4.69, 9.17) is 4.74 Å². The number of amides is 1. The Kier molecular flexibility index (Phi) is 2.66. The van der Waals surface area contributed by atoms with Gasteiger partial charge in [0.2, 0.25) is 0 Å². The zero-order chi connectivity index (χ0) is 10.1. The van der Waals surface area contributed by atoms with Crippen LogP contribution in [0.1, 0.15) is 46.0 Å². The highest BCUT2D eigenvalue weighted by atomic mass is 16.6. The highest BCUT2D eigenvalue weighted by Crippen LogP contribution is 2.28. The van der Waals surface area contributed by atoms with Crippen LogP contribution in [0.4, 0.5) is 4.79 Å². The molecular formula is C11H19NO2. The number of carbonyl (C=O) groups is 1. The van der Waals surface area contributed by atoms with E-state index in [0.717, 1.165) is 19.3 Å². The van der Waals surface area contributed by atoms with Gasteiger partial charge in [0.25, 0.3) is 0 Å². The largest absolute Gasteiger partial charge is 0.446 e. The average molecular weight is 197 g/mol. The van der Waals surface area contributed by atoms with Crippen LogP contribution in [0.2, 0.25) is 0 Å². The Balaban J connectivity index is 1.82. The Morgan fingerprint density at radius 3 is 2.29 bits per heavy atom. The zero-order valence-electron chi connectivity index (χ0n) is 9.03. The van der Waals surface area contributed by atoms with E-state index in [2.05, 4.69) is 13.8 Å². The molecule has 0 bridgehead atoms. The van der Waals surface area contributed by atoms with E-state index in [-0.39, 0.29) is 12.2 Å². The Hall–Kier alpha value is -0.730. The lowest BCUT2D eigenvalue weighted by molar-refractivity contribution is 0.00120. The lowest BCUT2D eigenvalue weighted by atomic mass is 9.97. The van der Waals surface area contributed by atoms with Gasteiger partial charge in [-0.25, -0.2) is 4.79 Å². The van der Waals surface area contributed by atoms with Gasteiger partial charge in [-0.2, -0.15) is 0 Å². The predicted octanol–water partition coefficient (Wildman–Crippen LogP) is 2.55. The van der Waals surface area contributed by atoms with Gasteiger partial charge in [0.15, 0.2) is 0 Å². The van der Waals surface area contributed by atoms with Crippen molar-refractivity contribution in [1.82, 2.24) is 4.90 Å². The van der Waals surface area contributed by atoms with E-state index in [0.29, 0.717) is 12.1 Å². The molecule has 0 unspecified atom stereocenters. The Morgan fingerprint density at radius 1 is 1.21 bits per heavy atom. The summed E-state index contributed by atoms with van der Waals surface area (Å²) in [5.41, 5.74) is 0. The maximum absolute atomic E-state index is 11.7. The molecule has 3 nitrogen and oxygen atoms in total. The molecule has 1 aliphatic heterocycles.